The Balaban J connectivity index is 1.58. The van der Waals surface area contributed by atoms with Crippen molar-refractivity contribution in [2.45, 2.75) is 32.2 Å². The zero-order valence-electron chi connectivity index (χ0n) is 18.2. The molecular weight excluding hydrogens is 420 g/mol. The highest BCUT2D eigenvalue weighted by Gasteiger charge is 2.24. The average molecular weight is 447 g/mol. The highest BCUT2D eigenvalue weighted by molar-refractivity contribution is 7.10. The van der Waals surface area contributed by atoms with E-state index in [1.165, 1.54) is 16.9 Å². The summed E-state index contributed by atoms with van der Waals surface area (Å²) < 4.78 is 5.35. The molecule has 1 aromatic heterocycles. The van der Waals surface area contributed by atoms with Crippen LogP contribution in [0, 0.1) is 6.92 Å². The quantitative estimate of drug-likeness (QED) is 0.522. The van der Waals surface area contributed by atoms with E-state index in [1.807, 2.05) is 60.8 Å². The SMILES string of the molecule is COc1ccc2c(c1)CCCC2NC(=O)/C(=C/c1cccs1)NC(=O)c1ccccc1C. The monoisotopic (exact) mass is 446 g/mol. The molecular formula is C26H26N2O3S. The van der Waals surface area contributed by atoms with Crippen LogP contribution in [0.1, 0.15) is 50.8 Å². The molecule has 0 radical (unpaired) electrons. The lowest BCUT2D eigenvalue weighted by atomic mass is 9.87. The zero-order valence-corrected chi connectivity index (χ0v) is 19.0. The van der Waals surface area contributed by atoms with Crippen LogP contribution >= 0.6 is 11.3 Å². The predicted octanol–water partition coefficient (Wildman–Crippen LogP) is 5.03. The first-order valence-electron chi connectivity index (χ1n) is 10.6. The highest BCUT2D eigenvalue weighted by Crippen LogP contribution is 2.32. The first kappa shape index (κ1) is 21.8. The number of benzene rings is 2. The first-order valence-corrected chi connectivity index (χ1v) is 11.5. The van der Waals surface area contributed by atoms with E-state index in [1.54, 1.807) is 19.3 Å². The number of fused-ring (bicyclic) bond motifs is 1. The number of aryl methyl sites for hydroxylation is 2. The van der Waals surface area contributed by atoms with E-state index < -0.39 is 0 Å². The Morgan fingerprint density at radius 3 is 2.72 bits per heavy atom. The van der Waals surface area contributed by atoms with E-state index in [2.05, 4.69) is 10.6 Å². The normalized spacial score (nSPS) is 15.6. The van der Waals surface area contributed by atoms with Crippen LogP contribution in [-0.2, 0) is 11.2 Å². The van der Waals surface area contributed by atoms with Crippen LogP contribution in [0.3, 0.4) is 0 Å². The molecule has 5 nitrogen and oxygen atoms in total. The standard InChI is InChI=1S/C26H26N2O3S/c1-17-7-3-4-10-21(17)25(29)28-24(16-20-9-6-14-32-20)26(30)27-23-11-5-8-18-15-19(31-2)12-13-22(18)23/h3-4,6-7,9-10,12-16,23H,5,8,11H2,1-2H3,(H,27,30)(H,28,29)/b24-16-. The van der Waals surface area contributed by atoms with Gasteiger partial charge in [0.2, 0.25) is 0 Å². The third-order valence-corrected chi connectivity index (χ3v) is 6.50. The number of hydrogen-bond acceptors (Lipinski definition) is 4. The molecule has 0 saturated heterocycles. The molecule has 2 amide bonds. The number of nitrogens with one attached hydrogen (secondary N) is 2. The molecule has 0 fully saturated rings. The van der Waals surface area contributed by atoms with E-state index >= 15 is 0 Å². The van der Waals surface area contributed by atoms with Crippen LogP contribution in [0.4, 0.5) is 0 Å². The highest BCUT2D eigenvalue weighted by atomic mass is 32.1. The minimum Gasteiger partial charge on any atom is -0.497 e. The minimum atomic E-state index is -0.297. The maximum absolute atomic E-state index is 13.3. The molecule has 2 N–H and O–H groups in total. The molecule has 0 saturated carbocycles. The van der Waals surface area contributed by atoms with Crippen LogP contribution in [0.5, 0.6) is 5.75 Å². The van der Waals surface area contributed by atoms with Crippen molar-refractivity contribution < 1.29 is 14.3 Å². The van der Waals surface area contributed by atoms with Gasteiger partial charge in [-0.2, -0.15) is 0 Å². The topological polar surface area (TPSA) is 67.4 Å². The Morgan fingerprint density at radius 1 is 1.12 bits per heavy atom. The van der Waals surface area contributed by atoms with Gasteiger partial charge in [-0.1, -0.05) is 30.3 Å². The largest absolute Gasteiger partial charge is 0.497 e. The van der Waals surface area contributed by atoms with E-state index in [0.29, 0.717) is 5.56 Å². The summed E-state index contributed by atoms with van der Waals surface area (Å²) in [5.74, 6) is 0.225. The summed E-state index contributed by atoms with van der Waals surface area (Å²) in [7, 11) is 1.66. The molecule has 0 bridgehead atoms. The molecule has 4 rings (SSSR count). The van der Waals surface area contributed by atoms with E-state index in [9.17, 15) is 9.59 Å². The fourth-order valence-electron chi connectivity index (χ4n) is 3.99. The van der Waals surface area contributed by atoms with Crippen molar-refractivity contribution in [3.05, 3.63) is 92.8 Å². The van der Waals surface area contributed by atoms with E-state index in [4.69, 9.17) is 4.74 Å². The first-order chi connectivity index (χ1) is 15.5. The van der Waals surface area contributed by atoms with Crippen LogP contribution in [-0.4, -0.2) is 18.9 Å². The van der Waals surface area contributed by atoms with Gasteiger partial charge in [-0.25, -0.2) is 0 Å². The van der Waals surface area contributed by atoms with E-state index in [0.717, 1.165) is 41.0 Å². The van der Waals surface area contributed by atoms with Gasteiger partial charge in [0.05, 0.1) is 13.2 Å². The van der Waals surface area contributed by atoms with Gasteiger partial charge in [0.1, 0.15) is 11.4 Å². The summed E-state index contributed by atoms with van der Waals surface area (Å²) in [6.07, 6.45) is 4.52. The molecule has 0 spiro atoms. The third kappa shape index (κ3) is 4.92. The van der Waals surface area contributed by atoms with Gasteiger partial charge in [-0.3, -0.25) is 9.59 Å². The molecule has 2 aromatic carbocycles. The molecule has 1 aliphatic carbocycles. The summed E-state index contributed by atoms with van der Waals surface area (Å²) in [5.41, 5.74) is 3.93. The van der Waals surface area contributed by atoms with Gasteiger partial charge in [0.25, 0.3) is 11.8 Å². The second-order valence-corrected chi connectivity index (χ2v) is 8.80. The lowest BCUT2D eigenvalue weighted by Gasteiger charge is -2.27. The van der Waals surface area contributed by atoms with Gasteiger partial charge in [-0.15, -0.1) is 11.3 Å². The summed E-state index contributed by atoms with van der Waals surface area (Å²) >= 11 is 1.51. The Labute approximate surface area is 192 Å². The van der Waals surface area contributed by atoms with Gasteiger partial charge in [0, 0.05) is 10.4 Å². The van der Waals surface area contributed by atoms with Crippen molar-refractivity contribution in [2.75, 3.05) is 7.11 Å². The summed E-state index contributed by atoms with van der Waals surface area (Å²) in [5, 5.41) is 7.92. The van der Waals surface area contributed by atoms with Gasteiger partial charge in [0.15, 0.2) is 0 Å². The molecule has 1 heterocycles. The lowest BCUT2D eigenvalue weighted by molar-refractivity contribution is -0.118. The Hall–Kier alpha value is -3.38. The summed E-state index contributed by atoms with van der Waals surface area (Å²) in [6.45, 7) is 1.88. The van der Waals surface area contributed by atoms with Crippen molar-refractivity contribution in [3.63, 3.8) is 0 Å². The predicted molar refractivity (Wildman–Crippen MR) is 128 cm³/mol. The zero-order chi connectivity index (χ0) is 22.5. The number of carbonyl (C=O) groups is 2. The lowest BCUT2D eigenvalue weighted by Crippen LogP contribution is -2.38. The number of thiophene rings is 1. The molecule has 1 unspecified atom stereocenters. The van der Waals surface area contributed by atoms with Crippen LogP contribution in [0.2, 0.25) is 0 Å². The Kier molecular flexibility index (Phi) is 6.71. The van der Waals surface area contributed by atoms with Crippen molar-refractivity contribution in [3.8, 4) is 5.75 Å². The molecule has 3 aromatic rings. The number of ether oxygens (including phenoxy) is 1. The Bertz CT molecular complexity index is 1150. The number of methoxy groups -OCH3 is 1. The molecule has 32 heavy (non-hydrogen) atoms. The van der Waals surface area contributed by atoms with Crippen LogP contribution in [0.15, 0.2) is 65.7 Å². The maximum Gasteiger partial charge on any atom is 0.268 e. The number of rotatable bonds is 6. The Morgan fingerprint density at radius 2 is 1.97 bits per heavy atom. The number of hydrogen-bond donors (Lipinski definition) is 2. The smallest absolute Gasteiger partial charge is 0.268 e. The summed E-state index contributed by atoms with van der Waals surface area (Å²) in [4.78, 5) is 27.1. The molecule has 0 aliphatic heterocycles. The average Bonchev–Trinajstić information content (AvgIpc) is 3.32. The molecule has 1 aliphatic rings. The second kappa shape index (κ2) is 9.83. The van der Waals surface area contributed by atoms with Crippen LogP contribution in [0.25, 0.3) is 6.08 Å². The van der Waals surface area contributed by atoms with Crippen molar-refractivity contribution in [1.29, 1.82) is 0 Å². The van der Waals surface area contributed by atoms with Crippen molar-refractivity contribution >= 4 is 29.2 Å². The molecule has 164 valence electrons. The van der Waals surface area contributed by atoms with Gasteiger partial charge >= 0.3 is 0 Å². The maximum atomic E-state index is 13.3. The molecule has 6 heteroatoms. The summed E-state index contributed by atoms with van der Waals surface area (Å²) in [6, 6.07) is 17.0. The fraction of sp³-hybridized carbons (Fsp3) is 0.231. The fourth-order valence-corrected chi connectivity index (χ4v) is 4.65. The van der Waals surface area contributed by atoms with Crippen molar-refractivity contribution in [1.82, 2.24) is 10.6 Å². The number of amides is 2. The van der Waals surface area contributed by atoms with Gasteiger partial charge in [-0.05, 0) is 78.6 Å². The van der Waals surface area contributed by atoms with E-state index in [-0.39, 0.29) is 23.6 Å². The second-order valence-electron chi connectivity index (χ2n) is 7.83. The number of carbonyl (C=O) groups excluding carboxylic acids is 2. The van der Waals surface area contributed by atoms with Gasteiger partial charge < -0.3 is 15.4 Å². The minimum absolute atomic E-state index is 0.112. The molecule has 1 atom stereocenters. The van der Waals surface area contributed by atoms with Crippen molar-refractivity contribution in [2.24, 2.45) is 0 Å². The van der Waals surface area contributed by atoms with Crippen LogP contribution < -0.4 is 15.4 Å². The third-order valence-electron chi connectivity index (χ3n) is 5.68.